The van der Waals surface area contributed by atoms with Crippen LogP contribution in [0.1, 0.15) is 44.2 Å². The van der Waals surface area contributed by atoms with Crippen LogP contribution in [0.3, 0.4) is 0 Å². The van der Waals surface area contributed by atoms with E-state index >= 15 is 0 Å². The van der Waals surface area contributed by atoms with E-state index in [4.69, 9.17) is 11.6 Å². The summed E-state index contributed by atoms with van der Waals surface area (Å²) < 4.78 is 13.1. The summed E-state index contributed by atoms with van der Waals surface area (Å²) in [5.41, 5.74) is 0.0938. The minimum atomic E-state index is -0.707. The summed E-state index contributed by atoms with van der Waals surface area (Å²) in [5.74, 6) is -0.670. The van der Waals surface area contributed by atoms with Crippen molar-refractivity contribution in [3.05, 3.63) is 34.6 Å². The maximum atomic E-state index is 13.1. The second-order valence-electron chi connectivity index (χ2n) is 5.73. The Balaban J connectivity index is 1.88. The van der Waals surface area contributed by atoms with Crippen LogP contribution in [0, 0.1) is 17.1 Å². The van der Waals surface area contributed by atoms with E-state index in [0.717, 1.165) is 18.4 Å². The number of carbonyl (C=O) groups excluding carboxylic acids is 1. The first-order valence-corrected chi connectivity index (χ1v) is 7.74. The summed E-state index contributed by atoms with van der Waals surface area (Å²) >= 11 is 5.75. The van der Waals surface area contributed by atoms with Gasteiger partial charge in [-0.3, -0.25) is 4.79 Å². The van der Waals surface area contributed by atoms with E-state index < -0.39 is 11.4 Å². The zero-order valence-corrected chi connectivity index (χ0v) is 13.2. The second kappa shape index (κ2) is 7.08. The van der Waals surface area contributed by atoms with Crippen LogP contribution >= 0.6 is 11.6 Å². The number of benzene rings is 1. The lowest BCUT2D eigenvalue weighted by atomic mass is 10.00. The largest absolute Gasteiger partial charge is 0.337 e. The zero-order valence-electron chi connectivity index (χ0n) is 12.5. The smallest absolute Gasteiger partial charge is 0.235 e. The van der Waals surface area contributed by atoms with E-state index in [1.807, 2.05) is 6.92 Å². The van der Waals surface area contributed by atoms with Gasteiger partial charge in [0.2, 0.25) is 5.91 Å². The van der Waals surface area contributed by atoms with Crippen LogP contribution in [0.25, 0.3) is 0 Å². The molecule has 1 amide bonds. The molecule has 2 rings (SSSR count). The SMILES string of the molecule is C[C@@H](NCC(=O)NC1(C#N)CCCC1)c1ccc(F)c(Cl)c1. The van der Waals surface area contributed by atoms with Crippen molar-refractivity contribution in [3.63, 3.8) is 0 Å². The summed E-state index contributed by atoms with van der Waals surface area (Å²) in [6.07, 6.45) is 3.34. The van der Waals surface area contributed by atoms with Crippen LogP contribution in [-0.2, 0) is 4.79 Å². The maximum absolute atomic E-state index is 13.1. The standard InChI is InChI=1S/C16H19ClFN3O/c1-11(12-4-5-14(18)13(17)8-12)20-9-15(22)21-16(10-19)6-2-3-7-16/h4-5,8,11,20H,2-3,6-7,9H2,1H3,(H,21,22)/t11-/m1/s1. The van der Waals surface area contributed by atoms with E-state index in [9.17, 15) is 14.4 Å². The number of nitriles is 1. The number of carbonyl (C=O) groups is 1. The normalized spacial score (nSPS) is 17.7. The molecule has 2 N–H and O–H groups in total. The van der Waals surface area contributed by atoms with Gasteiger partial charge in [-0.05, 0) is 50.3 Å². The lowest BCUT2D eigenvalue weighted by molar-refractivity contribution is -0.121. The predicted molar refractivity (Wildman–Crippen MR) is 82.8 cm³/mol. The number of halogens is 2. The molecule has 0 aromatic heterocycles. The molecular weight excluding hydrogens is 305 g/mol. The molecule has 0 spiro atoms. The Bertz CT molecular complexity index is 594. The molecule has 0 unspecified atom stereocenters. The van der Waals surface area contributed by atoms with Crippen molar-refractivity contribution in [1.29, 1.82) is 5.26 Å². The Kier molecular flexibility index (Phi) is 5.38. The fourth-order valence-electron chi connectivity index (χ4n) is 2.70. The summed E-state index contributed by atoms with van der Waals surface area (Å²) in [6, 6.07) is 6.55. The summed E-state index contributed by atoms with van der Waals surface area (Å²) in [4.78, 5) is 12.0. The second-order valence-corrected chi connectivity index (χ2v) is 6.13. The Morgan fingerprint density at radius 3 is 2.77 bits per heavy atom. The highest BCUT2D eigenvalue weighted by Gasteiger charge is 2.35. The number of hydrogen-bond acceptors (Lipinski definition) is 3. The molecule has 4 nitrogen and oxygen atoms in total. The molecule has 1 fully saturated rings. The number of amides is 1. The van der Waals surface area contributed by atoms with Crippen molar-refractivity contribution in [1.82, 2.24) is 10.6 Å². The van der Waals surface area contributed by atoms with Crippen LogP contribution in [0.15, 0.2) is 18.2 Å². The van der Waals surface area contributed by atoms with E-state index in [0.29, 0.717) is 12.8 Å². The lowest BCUT2D eigenvalue weighted by Gasteiger charge is -2.23. The van der Waals surface area contributed by atoms with Crippen LogP contribution in [-0.4, -0.2) is 18.0 Å². The van der Waals surface area contributed by atoms with Gasteiger partial charge in [-0.2, -0.15) is 5.26 Å². The number of nitrogens with one attached hydrogen (secondary N) is 2. The molecule has 0 radical (unpaired) electrons. The van der Waals surface area contributed by atoms with Crippen LogP contribution in [0.2, 0.25) is 5.02 Å². The number of nitrogens with zero attached hydrogens (tertiary/aromatic N) is 1. The van der Waals surface area contributed by atoms with Crippen molar-refractivity contribution in [2.75, 3.05) is 6.54 Å². The molecular formula is C16H19ClFN3O. The van der Waals surface area contributed by atoms with Crippen LogP contribution in [0.4, 0.5) is 4.39 Å². The molecule has 6 heteroatoms. The Hall–Kier alpha value is -1.64. The van der Waals surface area contributed by atoms with Gasteiger partial charge >= 0.3 is 0 Å². The average Bonchev–Trinajstić information content (AvgIpc) is 2.96. The summed E-state index contributed by atoms with van der Waals surface area (Å²) in [7, 11) is 0. The van der Waals surface area contributed by atoms with Crippen molar-refractivity contribution < 1.29 is 9.18 Å². The molecule has 0 saturated heterocycles. The van der Waals surface area contributed by atoms with Crippen molar-refractivity contribution in [2.24, 2.45) is 0 Å². The first kappa shape index (κ1) is 16.7. The molecule has 0 heterocycles. The monoisotopic (exact) mass is 323 g/mol. The highest BCUT2D eigenvalue weighted by atomic mass is 35.5. The molecule has 0 aliphatic heterocycles. The van der Waals surface area contributed by atoms with Crippen molar-refractivity contribution in [3.8, 4) is 6.07 Å². The van der Waals surface area contributed by atoms with Crippen LogP contribution < -0.4 is 10.6 Å². The molecule has 1 aliphatic rings. The first-order valence-electron chi connectivity index (χ1n) is 7.36. The van der Waals surface area contributed by atoms with E-state index in [1.165, 1.54) is 6.07 Å². The van der Waals surface area contributed by atoms with E-state index in [2.05, 4.69) is 16.7 Å². The minimum absolute atomic E-state index is 0.0602. The quantitative estimate of drug-likeness (QED) is 0.875. The topological polar surface area (TPSA) is 64.9 Å². The van der Waals surface area contributed by atoms with Gasteiger partial charge in [0, 0.05) is 6.04 Å². The minimum Gasteiger partial charge on any atom is -0.337 e. The molecule has 1 aromatic rings. The van der Waals surface area contributed by atoms with Gasteiger partial charge in [0.25, 0.3) is 0 Å². The van der Waals surface area contributed by atoms with Crippen molar-refractivity contribution >= 4 is 17.5 Å². The molecule has 1 aromatic carbocycles. The van der Waals surface area contributed by atoms with Gasteiger partial charge in [-0.15, -0.1) is 0 Å². The van der Waals surface area contributed by atoms with Gasteiger partial charge in [0.15, 0.2) is 0 Å². The fraction of sp³-hybridized carbons (Fsp3) is 0.500. The summed E-state index contributed by atoms with van der Waals surface area (Å²) in [5, 5.41) is 15.2. The van der Waals surface area contributed by atoms with Gasteiger partial charge in [-0.25, -0.2) is 4.39 Å². The number of rotatable bonds is 5. The maximum Gasteiger partial charge on any atom is 0.235 e. The average molecular weight is 324 g/mol. The Labute approximate surface area is 134 Å². The number of hydrogen-bond donors (Lipinski definition) is 2. The molecule has 0 bridgehead atoms. The van der Waals surface area contributed by atoms with Gasteiger partial charge in [0.05, 0.1) is 17.6 Å². The lowest BCUT2D eigenvalue weighted by Crippen LogP contribution is -2.48. The third-order valence-corrected chi connectivity index (χ3v) is 4.35. The highest BCUT2D eigenvalue weighted by molar-refractivity contribution is 6.30. The van der Waals surface area contributed by atoms with Gasteiger partial charge in [-0.1, -0.05) is 17.7 Å². The fourth-order valence-corrected chi connectivity index (χ4v) is 2.89. The third-order valence-electron chi connectivity index (χ3n) is 4.06. The molecule has 118 valence electrons. The Morgan fingerprint density at radius 2 is 2.18 bits per heavy atom. The van der Waals surface area contributed by atoms with E-state index in [-0.39, 0.29) is 23.5 Å². The van der Waals surface area contributed by atoms with Crippen molar-refractivity contribution in [2.45, 2.75) is 44.2 Å². The molecule has 1 atom stereocenters. The molecule has 1 saturated carbocycles. The predicted octanol–water partition coefficient (Wildman–Crippen LogP) is 3.08. The first-order chi connectivity index (χ1) is 10.5. The highest BCUT2D eigenvalue weighted by Crippen LogP contribution is 2.28. The van der Waals surface area contributed by atoms with Gasteiger partial charge < -0.3 is 10.6 Å². The Morgan fingerprint density at radius 1 is 1.50 bits per heavy atom. The summed E-state index contributed by atoms with van der Waals surface area (Å²) in [6.45, 7) is 1.96. The molecule has 22 heavy (non-hydrogen) atoms. The van der Waals surface area contributed by atoms with Gasteiger partial charge in [0.1, 0.15) is 11.4 Å². The van der Waals surface area contributed by atoms with E-state index in [1.54, 1.807) is 12.1 Å². The van der Waals surface area contributed by atoms with Crippen LogP contribution in [0.5, 0.6) is 0 Å². The zero-order chi connectivity index (χ0) is 16.2. The third kappa shape index (κ3) is 3.96. The molecule has 1 aliphatic carbocycles.